The lowest BCUT2D eigenvalue weighted by Gasteiger charge is -2.11. The fourth-order valence-corrected chi connectivity index (χ4v) is 1.52. The lowest BCUT2D eigenvalue weighted by Crippen LogP contribution is -2.00. The third-order valence-corrected chi connectivity index (χ3v) is 2.52. The van der Waals surface area contributed by atoms with Crippen molar-refractivity contribution in [2.45, 2.75) is 47.0 Å². The van der Waals surface area contributed by atoms with Crippen molar-refractivity contribution >= 4 is 0 Å². The van der Waals surface area contributed by atoms with E-state index in [0.717, 1.165) is 5.92 Å². The smallest absolute Gasteiger partial charge is 0.0251 e. The van der Waals surface area contributed by atoms with Crippen LogP contribution in [-0.4, -0.2) is 0 Å². The van der Waals surface area contributed by atoms with Crippen LogP contribution >= 0.6 is 0 Å². The van der Waals surface area contributed by atoms with Gasteiger partial charge in [-0.3, -0.25) is 0 Å². The second-order valence-electron chi connectivity index (χ2n) is 3.37. The van der Waals surface area contributed by atoms with Gasteiger partial charge in [-0.05, 0) is 17.9 Å². The van der Waals surface area contributed by atoms with E-state index in [1.807, 2.05) is 13.8 Å². The topological polar surface area (TPSA) is 0 Å². The Kier molecular flexibility index (Phi) is 8.31. The fraction of sp³-hybridized carbons (Fsp3) is 0.571. The molecule has 0 aliphatic heterocycles. The van der Waals surface area contributed by atoms with Crippen LogP contribution in [0.5, 0.6) is 0 Å². The normalized spacial score (nSPS) is 9.50. The zero-order valence-electron chi connectivity index (χ0n) is 10.1. The second kappa shape index (κ2) is 8.80. The van der Waals surface area contributed by atoms with E-state index in [2.05, 4.69) is 44.2 Å². The van der Waals surface area contributed by atoms with Crippen LogP contribution in [0.4, 0.5) is 0 Å². The maximum atomic E-state index is 2.27. The van der Waals surface area contributed by atoms with E-state index in [4.69, 9.17) is 0 Å². The van der Waals surface area contributed by atoms with Crippen molar-refractivity contribution in [1.29, 1.82) is 0 Å². The molecule has 80 valence electrons. The average molecular weight is 192 g/mol. The van der Waals surface area contributed by atoms with E-state index < -0.39 is 0 Å². The molecular weight excluding hydrogens is 168 g/mol. The SMILES string of the molecule is CC.CCC(CC)Cc1ccccc1. The molecule has 0 unspecified atom stereocenters. The van der Waals surface area contributed by atoms with Gasteiger partial charge < -0.3 is 0 Å². The van der Waals surface area contributed by atoms with E-state index in [-0.39, 0.29) is 0 Å². The van der Waals surface area contributed by atoms with E-state index in [1.54, 1.807) is 0 Å². The molecule has 0 atom stereocenters. The summed E-state index contributed by atoms with van der Waals surface area (Å²) in [5.74, 6) is 0.868. The molecule has 0 aliphatic carbocycles. The minimum atomic E-state index is 0.868. The van der Waals surface area contributed by atoms with Gasteiger partial charge in [-0.15, -0.1) is 0 Å². The molecule has 0 saturated carbocycles. The quantitative estimate of drug-likeness (QED) is 0.649. The average Bonchev–Trinajstić information content (AvgIpc) is 2.30. The molecule has 1 aromatic carbocycles. The van der Waals surface area contributed by atoms with E-state index >= 15 is 0 Å². The summed E-state index contributed by atoms with van der Waals surface area (Å²) in [6, 6.07) is 10.8. The zero-order chi connectivity index (χ0) is 10.8. The molecule has 1 rings (SSSR count). The summed E-state index contributed by atoms with van der Waals surface area (Å²) >= 11 is 0. The van der Waals surface area contributed by atoms with E-state index in [1.165, 1.54) is 24.8 Å². The van der Waals surface area contributed by atoms with Crippen LogP contribution in [-0.2, 0) is 6.42 Å². The summed E-state index contributed by atoms with van der Waals surface area (Å²) in [6.07, 6.45) is 3.84. The van der Waals surface area contributed by atoms with Gasteiger partial charge in [-0.25, -0.2) is 0 Å². The van der Waals surface area contributed by atoms with Crippen molar-refractivity contribution in [1.82, 2.24) is 0 Å². The Bertz CT molecular complexity index is 197. The van der Waals surface area contributed by atoms with Crippen LogP contribution in [0.1, 0.15) is 46.1 Å². The second-order valence-corrected chi connectivity index (χ2v) is 3.37. The highest BCUT2D eigenvalue weighted by Crippen LogP contribution is 2.14. The van der Waals surface area contributed by atoms with Crippen LogP contribution in [0, 0.1) is 5.92 Å². The monoisotopic (exact) mass is 192 g/mol. The van der Waals surface area contributed by atoms with Crippen molar-refractivity contribution in [3.8, 4) is 0 Å². The van der Waals surface area contributed by atoms with Crippen LogP contribution in [0.2, 0.25) is 0 Å². The Morgan fingerprint density at radius 3 is 1.86 bits per heavy atom. The molecule has 0 aliphatic rings. The molecule has 0 heteroatoms. The molecule has 14 heavy (non-hydrogen) atoms. The van der Waals surface area contributed by atoms with Crippen molar-refractivity contribution in [2.24, 2.45) is 5.92 Å². The first kappa shape index (κ1) is 13.2. The lowest BCUT2D eigenvalue weighted by atomic mass is 9.95. The third kappa shape index (κ3) is 5.06. The third-order valence-electron chi connectivity index (χ3n) is 2.52. The van der Waals surface area contributed by atoms with Gasteiger partial charge in [0.2, 0.25) is 0 Å². The summed E-state index contributed by atoms with van der Waals surface area (Å²) < 4.78 is 0. The van der Waals surface area contributed by atoms with Crippen molar-refractivity contribution < 1.29 is 0 Å². The highest BCUT2D eigenvalue weighted by molar-refractivity contribution is 5.15. The van der Waals surface area contributed by atoms with Gasteiger partial charge in [-0.1, -0.05) is 70.9 Å². The number of hydrogen-bond acceptors (Lipinski definition) is 0. The van der Waals surface area contributed by atoms with Crippen LogP contribution in [0.15, 0.2) is 30.3 Å². The van der Waals surface area contributed by atoms with Gasteiger partial charge in [0.05, 0.1) is 0 Å². The van der Waals surface area contributed by atoms with Gasteiger partial charge in [-0.2, -0.15) is 0 Å². The lowest BCUT2D eigenvalue weighted by molar-refractivity contribution is 0.490. The van der Waals surface area contributed by atoms with E-state index in [9.17, 15) is 0 Å². The molecule has 0 heterocycles. The summed E-state index contributed by atoms with van der Waals surface area (Å²) in [6.45, 7) is 8.55. The minimum absolute atomic E-state index is 0.868. The molecule has 0 saturated heterocycles. The molecule has 0 fully saturated rings. The summed E-state index contributed by atoms with van der Waals surface area (Å²) in [5, 5.41) is 0. The number of rotatable bonds is 4. The highest BCUT2D eigenvalue weighted by Gasteiger charge is 2.03. The number of benzene rings is 1. The van der Waals surface area contributed by atoms with E-state index in [0.29, 0.717) is 0 Å². The van der Waals surface area contributed by atoms with Gasteiger partial charge in [0, 0.05) is 0 Å². The molecule has 0 radical (unpaired) electrons. The predicted octanol–water partition coefficient (Wildman–Crippen LogP) is 4.69. The van der Waals surface area contributed by atoms with Crippen LogP contribution in [0.3, 0.4) is 0 Å². The molecule has 0 spiro atoms. The number of hydrogen-bond donors (Lipinski definition) is 0. The highest BCUT2D eigenvalue weighted by atomic mass is 14.1. The Labute approximate surface area is 89.4 Å². The molecule has 0 bridgehead atoms. The van der Waals surface area contributed by atoms with Gasteiger partial charge >= 0.3 is 0 Å². The largest absolute Gasteiger partial charge is 0.0683 e. The molecule has 0 amide bonds. The van der Waals surface area contributed by atoms with Gasteiger partial charge in [0.1, 0.15) is 0 Å². The van der Waals surface area contributed by atoms with Crippen LogP contribution < -0.4 is 0 Å². The fourth-order valence-electron chi connectivity index (χ4n) is 1.52. The Balaban J connectivity index is 0.000000791. The molecule has 0 aromatic heterocycles. The summed E-state index contributed by atoms with van der Waals surface area (Å²) in [5.41, 5.74) is 1.48. The van der Waals surface area contributed by atoms with Gasteiger partial charge in [0.25, 0.3) is 0 Å². The summed E-state index contributed by atoms with van der Waals surface area (Å²) in [7, 11) is 0. The molecule has 0 N–H and O–H groups in total. The first-order valence-electron chi connectivity index (χ1n) is 5.90. The Morgan fingerprint density at radius 2 is 1.43 bits per heavy atom. The molecule has 0 nitrogen and oxygen atoms in total. The Morgan fingerprint density at radius 1 is 0.929 bits per heavy atom. The summed E-state index contributed by atoms with van der Waals surface area (Å²) in [4.78, 5) is 0. The van der Waals surface area contributed by atoms with Crippen molar-refractivity contribution in [2.75, 3.05) is 0 Å². The Hall–Kier alpha value is -0.780. The molecule has 1 aromatic rings. The standard InChI is InChI=1S/C12H18.C2H6/c1-3-11(4-2)10-12-8-6-5-7-9-12;1-2/h5-9,11H,3-4,10H2,1-2H3;1-2H3. The van der Waals surface area contributed by atoms with Crippen molar-refractivity contribution in [3.05, 3.63) is 35.9 Å². The van der Waals surface area contributed by atoms with Gasteiger partial charge in [0.15, 0.2) is 0 Å². The predicted molar refractivity (Wildman–Crippen MR) is 65.6 cm³/mol. The van der Waals surface area contributed by atoms with Crippen molar-refractivity contribution in [3.63, 3.8) is 0 Å². The first-order valence-corrected chi connectivity index (χ1v) is 5.90. The zero-order valence-corrected chi connectivity index (χ0v) is 10.1. The maximum absolute atomic E-state index is 2.27. The van der Waals surface area contributed by atoms with Crippen LogP contribution in [0.25, 0.3) is 0 Å². The minimum Gasteiger partial charge on any atom is -0.0683 e. The maximum Gasteiger partial charge on any atom is -0.0251 e. The molecular formula is C14H24. The first-order chi connectivity index (χ1) is 6.86.